The van der Waals surface area contributed by atoms with Crippen LogP contribution in [0.25, 0.3) is 0 Å². The van der Waals surface area contributed by atoms with E-state index < -0.39 is 6.09 Å². The number of nitrogens with one attached hydrogen (secondary N) is 3. The quantitative estimate of drug-likeness (QED) is 0.794. The summed E-state index contributed by atoms with van der Waals surface area (Å²) < 4.78 is 4.52. The number of ether oxygens (including phenoxy) is 1. The van der Waals surface area contributed by atoms with Crippen LogP contribution in [0.4, 0.5) is 16.2 Å². The lowest BCUT2D eigenvalue weighted by molar-refractivity contribution is -0.124. The standard InChI is InChI=1S/C15H21N3O3/c1-3-15(8-9-16-10-15)13(19)17-11-4-6-12(7-5-11)18-14(20)21-2/h4-7,16H,3,8-10H2,1-2H3,(H,17,19)(H,18,20). The van der Waals surface area contributed by atoms with Gasteiger partial charge in [0.15, 0.2) is 0 Å². The molecule has 0 spiro atoms. The summed E-state index contributed by atoms with van der Waals surface area (Å²) in [5, 5.41) is 8.75. The molecule has 6 heteroatoms. The van der Waals surface area contributed by atoms with Crippen molar-refractivity contribution in [3.8, 4) is 0 Å². The van der Waals surface area contributed by atoms with Gasteiger partial charge in [-0.05, 0) is 43.7 Å². The second-order valence-corrected chi connectivity index (χ2v) is 5.21. The van der Waals surface area contributed by atoms with Crippen LogP contribution in [0.3, 0.4) is 0 Å². The number of amides is 2. The van der Waals surface area contributed by atoms with Gasteiger partial charge in [-0.25, -0.2) is 4.79 Å². The summed E-state index contributed by atoms with van der Waals surface area (Å²) in [6.45, 7) is 3.64. The van der Waals surface area contributed by atoms with Gasteiger partial charge in [0.05, 0.1) is 12.5 Å². The minimum Gasteiger partial charge on any atom is -0.453 e. The number of anilines is 2. The predicted molar refractivity (Wildman–Crippen MR) is 81.3 cm³/mol. The van der Waals surface area contributed by atoms with E-state index in [1.807, 2.05) is 6.92 Å². The maximum atomic E-state index is 12.4. The molecule has 3 N–H and O–H groups in total. The molecule has 0 bridgehead atoms. The highest BCUT2D eigenvalue weighted by Gasteiger charge is 2.39. The zero-order valence-electron chi connectivity index (χ0n) is 12.4. The number of benzene rings is 1. The van der Waals surface area contributed by atoms with Crippen LogP contribution in [0.15, 0.2) is 24.3 Å². The van der Waals surface area contributed by atoms with Crippen LogP contribution in [0.5, 0.6) is 0 Å². The molecular weight excluding hydrogens is 270 g/mol. The van der Waals surface area contributed by atoms with E-state index in [1.54, 1.807) is 24.3 Å². The Morgan fingerprint density at radius 1 is 1.24 bits per heavy atom. The second-order valence-electron chi connectivity index (χ2n) is 5.21. The van der Waals surface area contributed by atoms with Crippen molar-refractivity contribution in [2.24, 2.45) is 5.41 Å². The lowest BCUT2D eigenvalue weighted by Gasteiger charge is -2.25. The number of hydrogen-bond acceptors (Lipinski definition) is 4. The predicted octanol–water partition coefficient (Wildman–Crippen LogP) is 2.19. The molecule has 1 aromatic rings. The molecule has 2 rings (SSSR count). The smallest absolute Gasteiger partial charge is 0.411 e. The first-order valence-electron chi connectivity index (χ1n) is 7.07. The molecule has 2 amide bonds. The van der Waals surface area contributed by atoms with Gasteiger partial charge >= 0.3 is 6.09 Å². The Balaban J connectivity index is 1.99. The highest BCUT2D eigenvalue weighted by Crippen LogP contribution is 2.31. The van der Waals surface area contributed by atoms with Crippen LogP contribution >= 0.6 is 0 Å². The van der Waals surface area contributed by atoms with E-state index in [2.05, 4.69) is 20.7 Å². The molecule has 1 aliphatic heterocycles. The first-order chi connectivity index (χ1) is 10.1. The lowest BCUT2D eigenvalue weighted by Crippen LogP contribution is -2.37. The number of methoxy groups -OCH3 is 1. The Hall–Kier alpha value is -2.08. The van der Waals surface area contributed by atoms with E-state index in [0.29, 0.717) is 5.69 Å². The summed E-state index contributed by atoms with van der Waals surface area (Å²) in [6.07, 6.45) is 1.15. The first-order valence-corrected chi connectivity index (χ1v) is 7.07. The van der Waals surface area contributed by atoms with Gasteiger partial charge in [-0.1, -0.05) is 6.92 Å². The number of carbonyl (C=O) groups excluding carboxylic acids is 2. The number of hydrogen-bond donors (Lipinski definition) is 3. The minimum atomic E-state index is -0.520. The van der Waals surface area contributed by atoms with Crippen LogP contribution in [-0.2, 0) is 9.53 Å². The van der Waals surface area contributed by atoms with E-state index in [0.717, 1.165) is 31.6 Å². The van der Waals surface area contributed by atoms with E-state index >= 15 is 0 Å². The van der Waals surface area contributed by atoms with Gasteiger partial charge in [0.1, 0.15) is 0 Å². The van der Waals surface area contributed by atoms with Crippen molar-refractivity contribution in [2.45, 2.75) is 19.8 Å². The molecule has 1 aromatic carbocycles. The lowest BCUT2D eigenvalue weighted by atomic mass is 9.83. The van der Waals surface area contributed by atoms with E-state index in [4.69, 9.17) is 0 Å². The number of carbonyl (C=O) groups is 2. The normalized spacial score (nSPS) is 20.9. The average Bonchev–Trinajstić information content (AvgIpc) is 2.99. The summed E-state index contributed by atoms with van der Waals surface area (Å²) in [5.74, 6) is 0.0451. The average molecular weight is 291 g/mol. The van der Waals surface area contributed by atoms with Crippen molar-refractivity contribution < 1.29 is 14.3 Å². The monoisotopic (exact) mass is 291 g/mol. The zero-order chi connectivity index (χ0) is 15.3. The first kappa shape index (κ1) is 15.3. The van der Waals surface area contributed by atoms with Gasteiger partial charge in [-0.15, -0.1) is 0 Å². The van der Waals surface area contributed by atoms with Crippen molar-refractivity contribution in [3.05, 3.63) is 24.3 Å². The van der Waals surface area contributed by atoms with Crippen molar-refractivity contribution in [1.29, 1.82) is 0 Å². The van der Waals surface area contributed by atoms with Crippen LogP contribution in [0.1, 0.15) is 19.8 Å². The SMILES string of the molecule is CCC1(C(=O)Nc2ccc(NC(=O)OC)cc2)CCNC1. The van der Waals surface area contributed by atoms with E-state index in [9.17, 15) is 9.59 Å². The van der Waals surface area contributed by atoms with Crippen LogP contribution < -0.4 is 16.0 Å². The van der Waals surface area contributed by atoms with Gasteiger partial charge in [0.25, 0.3) is 0 Å². The molecule has 6 nitrogen and oxygen atoms in total. The number of rotatable bonds is 4. The molecular formula is C15H21N3O3. The molecule has 21 heavy (non-hydrogen) atoms. The fourth-order valence-corrected chi connectivity index (χ4v) is 2.47. The highest BCUT2D eigenvalue weighted by molar-refractivity contribution is 5.96. The molecule has 0 aliphatic carbocycles. The molecule has 0 aromatic heterocycles. The van der Waals surface area contributed by atoms with Crippen molar-refractivity contribution in [3.63, 3.8) is 0 Å². The molecule has 1 aliphatic rings. The maximum Gasteiger partial charge on any atom is 0.411 e. The van der Waals surface area contributed by atoms with E-state index in [-0.39, 0.29) is 11.3 Å². The minimum absolute atomic E-state index is 0.0451. The maximum absolute atomic E-state index is 12.4. The van der Waals surface area contributed by atoms with Gasteiger partial charge in [-0.2, -0.15) is 0 Å². The van der Waals surface area contributed by atoms with Crippen LogP contribution in [-0.4, -0.2) is 32.2 Å². The van der Waals surface area contributed by atoms with Crippen molar-refractivity contribution in [1.82, 2.24) is 5.32 Å². The van der Waals surface area contributed by atoms with Gasteiger partial charge in [0.2, 0.25) is 5.91 Å². The fourth-order valence-electron chi connectivity index (χ4n) is 2.47. The zero-order valence-corrected chi connectivity index (χ0v) is 12.4. The Morgan fingerprint density at radius 2 is 1.86 bits per heavy atom. The Labute approximate surface area is 124 Å². The Kier molecular flexibility index (Phi) is 4.80. The molecule has 0 radical (unpaired) electrons. The molecule has 0 saturated carbocycles. The summed E-state index contributed by atoms with van der Waals surface area (Å²) in [7, 11) is 1.31. The van der Waals surface area contributed by atoms with Gasteiger partial charge in [-0.3, -0.25) is 10.1 Å². The van der Waals surface area contributed by atoms with E-state index in [1.165, 1.54) is 7.11 Å². The van der Waals surface area contributed by atoms with Crippen LogP contribution in [0.2, 0.25) is 0 Å². The third-order valence-electron chi connectivity index (χ3n) is 3.98. The second kappa shape index (κ2) is 6.58. The summed E-state index contributed by atoms with van der Waals surface area (Å²) in [4.78, 5) is 23.5. The summed E-state index contributed by atoms with van der Waals surface area (Å²) in [5.41, 5.74) is 1.02. The Morgan fingerprint density at radius 3 is 2.33 bits per heavy atom. The highest BCUT2D eigenvalue weighted by atomic mass is 16.5. The molecule has 1 heterocycles. The van der Waals surface area contributed by atoms with Gasteiger partial charge in [0, 0.05) is 17.9 Å². The van der Waals surface area contributed by atoms with Crippen molar-refractivity contribution >= 4 is 23.4 Å². The molecule has 114 valence electrons. The fraction of sp³-hybridized carbons (Fsp3) is 0.467. The van der Waals surface area contributed by atoms with Crippen LogP contribution in [0, 0.1) is 5.41 Å². The topological polar surface area (TPSA) is 79.5 Å². The molecule has 1 unspecified atom stereocenters. The third kappa shape index (κ3) is 3.52. The third-order valence-corrected chi connectivity index (χ3v) is 3.98. The summed E-state index contributed by atoms with van der Waals surface area (Å²) in [6, 6.07) is 6.96. The Bertz CT molecular complexity index is 507. The van der Waals surface area contributed by atoms with Crippen molar-refractivity contribution in [2.75, 3.05) is 30.8 Å². The van der Waals surface area contributed by atoms with Gasteiger partial charge < -0.3 is 15.4 Å². The molecule has 1 saturated heterocycles. The summed E-state index contributed by atoms with van der Waals surface area (Å²) >= 11 is 0. The molecule has 1 fully saturated rings. The largest absolute Gasteiger partial charge is 0.453 e. The molecule has 1 atom stereocenters.